The quantitative estimate of drug-likeness (QED) is 0.484. The van der Waals surface area contributed by atoms with Gasteiger partial charge >= 0.3 is 0 Å². The summed E-state index contributed by atoms with van der Waals surface area (Å²) in [5, 5.41) is 3.87. The second-order valence-electron chi connectivity index (χ2n) is 9.13. The van der Waals surface area contributed by atoms with Crippen LogP contribution in [0, 0.1) is 25.6 Å². The molecule has 0 saturated carbocycles. The summed E-state index contributed by atoms with van der Waals surface area (Å²) in [5.74, 6) is -0.143. The van der Waals surface area contributed by atoms with Crippen molar-refractivity contribution in [3.8, 4) is 0 Å². The van der Waals surface area contributed by atoms with E-state index in [0.29, 0.717) is 25.2 Å². The Balaban J connectivity index is 1.52. The average molecular weight is 465 g/mol. The van der Waals surface area contributed by atoms with Gasteiger partial charge in [-0.1, -0.05) is 71.8 Å². The minimum Gasteiger partial charge on any atom is -0.352 e. The molecule has 0 bridgehead atoms. The molecule has 1 saturated heterocycles. The first-order valence-corrected chi connectivity index (χ1v) is 11.8. The van der Waals surface area contributed by atoms with Crippen molar-refractivity contribution in [2.24, 2.45) is 5.92 Å². The van der Waals surface area contributed by atoms with Crippen LogP contribution in [0.15, 0.2) is 66.7 Å². The maximum absolute atomic E-state index is 13.9. The Labute approximate surface area is 200 Å². The molecule has 1 aliphatic rings. The van der Waals surface area contributed by atoms with Crippen LogP contribution in [0.5, 0.6) is 0 Å². The molecule has 33 heavy (non-hydrogen) atoms. The van der Waals surface area contributed by atoms with Crippen LogP contribution in [0.1, 0.15) is 40.2 Å². The molecule has 0 aliphatic carbocycles. The summed E-state index contributed by atoms with van der Waals surface area (Å²) in [7, 11) is 0. The van der Waals surface area contributed by atoms with Gasteiger partial charge in [-0.15, -0.1) is 0 Å². The topological polar surface area (TPSA) is 32.3 Å². The highest BCUT2D eigenvalue weighted by molar-refractivity contribution is 6.31. The molecule has 1 aliphatic heterocycles. The smallest absolute Gasteiger partial charge is 0.224 e. The van der Waals surface area contributed by atoms with Crippen molar-refractivity contribution >= 4 is 17.5 Å². The fraction of sp³-hybridized carbons (Fsp3) is 0.321. The van der Waals surface area contributed by atoms with Crippen molar-refractivity contribution in [2.45, 2.75) is 39.3 Å². The first-order valence-electron chi connectivity index (χ1n) is 11.4. The molecular weight excluding hydrogens is 435 g/mol. The first-order chi connectivity index (χ1) is 15.9. The highest BCUT2D eigenvalue weighted by Crippen LogP contribution is 2.33. The summed E-state index contributed by atoms with van der Waals surface area (Å²) in [5.41, 5.74) is 5.04. The van der Waals surface area contributed by atoms with Crippen molar-refractivity contribution in [3.63, 3.8) is 0 Å². The molecule has 1 fully saturated rings. The van der Waals surface area contributed by atoms with Crippen molar-refractivity contribution in [1.82, 2.24) is 10.2 Å². The van der Waals surface area contributed by atoms with E-state index < -0.39 is 0 Å². The van der Waals surface area contributed by atoms with Gasteiger partial charge in [0, 0.05) is 31.2 Å². The Morgan fingerprint density at radius 3 is 2.64 bits per heavy atom. The molecular formula is C28H30ClFN2O. The molecule has 0 radical (unpaired) electrons. The zero-order valence-electron chi connectivity index (χ0n) is 19.2. The normalized spacial score (nSPS) is 18.8. The van der Waals surface area contributed by atoms with E-state index in [1.54, 1.807) is 6.92 Å². The zero-order chi connectivity index (χ0) is 23.4. The molecule has 172 valence electrons. The van der Waals surface area contributed by atoms with Crippen LogP contribution in [0.4, 0.5) is 4.39 Å². The lowest BCUT2D eigenvalue weighted by atomic mass is 9.83. The van der Waals surface area contributed by atoms with E-state index in [-0.39, 0.29) is 23.6 Å². The molecule has 1 N–H and O–H groups in total. The van der Waals surface area contributed by atoms with Crippen molar-refractivity contribution in [1.29, 1.82) is 0 Å². The molecule has 0 unspecified atom stereocenters. The number of piperidine rings is 1. The highest BCUT2D eigenvalue weighted by atomic mass is 35.5. The van der Waals surface area contributed by atoms with E-state index in [2.05, 4.69) is 16.3 Å². The number of nitrogens with zero attached hydrogens (tertiary/aromatic N) is 1. The lowest BCUT2D eigenvalue weighted by molar-refractivity contribution is -0.127. The van der Waals surface area contributed by atoms with Gasteiger partial charge in [-0.25, -0.2) is 4.39 Å². The molecule has 3 aromatic carbocycles. The summed E-state index contributed by atoms with van der Waals surface area (Å²) in [6.07, 6.45) is 0.740. The third-order valence-electron chi connectivity index (χ3n) is 6.45. The molecule has 5 heteroatoms. The van der Waals surface area contributed by atoms with Gasteiger partial charge in [-0.3, -0.25) is 9.69 Å². The molecule has 1 heterocycles. The number of nitrogens with one attached hydrogen (secondary N) is 1. The van der Waals surface area contributed by atoms with Gasteiger partial charge in [0.15, 0.2) is 0 Å². The summed E-state index contributed by atoms with van der Waals surface area (Å²) in [6.45, 7) is 6.50. The number of likely N-dealkylation sites (tertiary alicyclic amines) is 1. The molecule has 3 aromatic rings. The Morgan fingerprint density at radius 2 is 1.88 bits per heavy atom. The number of benzene rings is 3. The van der Waals surface area contributed by atoms with Crippen LogP contribution in [-0.4, -0.2) is 23.9 Å². The van der Waals surface area contributed by atoms with Gasteiger partial charge in [-0.2, -0.15) is 0 Å². The Morgan fingerprint density at radius 1 is 1.06 bits per heavy atom. The van der Waals surface area contributed by atoms with Gasteiger partial charge in [0.05, 0.1) is 5.92 Å². The lowest BCUT2D eigenvalue weighted by Gasteiger charge is -2.37. The SMILES string of the molecule is Cc1cccc(CNC(=O)[C@@H]2C[C@H](c3ccc(F)c(C)c3)CN(Cc3ccccc3Cl)C2)c1. The molecule has 0 aromatic heterocycles. The van der Waals surface area contributed by atoms with E-state index in [0.717, 1.165) is 34.7 Å². The van der Waals surface area contributed by atoms with Gasteiger partial charge in [0.1, 0.15) is 5.82 Å². The van der Waals surface area contributed by atoms with E-state index >= 15 is 0 Å². The number of rotatable bonds is 6. The van der Waals surface area contributed by atoms with Gasteiger partial charge < -0.3 is 5.32 Å². The van der Waals surface area contributed by atoms with Gasteiger partial charge in [-0.05, 0) is 60.6 Å². The standard InChI is InChI=1S/C28H30ClFN2O/c1-19-6-5-7-21(12-19)15-31-28(33)25-14-24(22-10-11-27(30)20(2)13-22)17-32(18-25)16-23-8-3-4-9-26(23)29/h3-13,24-25H,14-18H2,1-2H3,(H,31,33)/t24-,25+/m0/s1. The number of halogens is 2. The van der Waals surface area contributed by atoms with E-state index in [9.17, 15) is 9.18 Å². The molecule has 4 rings (SSSR count). The Bertz CT molecular complexity index is 1130. The van der Waals surface area contributed by atoms with Crippen molar-refractivity contribution < 1.29 is 9.18 Å². The number of hydrogen-bond acceptors (Lipinski definition) is 2. The predicted octanol–water partition coefficient (Wildman–Crippen LogP) is 6.02. The first kappa shape index (κ1) is 23.5. The second kappa shape index (κ2) is 10.5. The minimum absolute atomic E-state index is 0.0594. The van der Waals surface area contributed by atoms with Crippen LogP contribution in [0.25, 0.3) is 0 Å². The van der Waals surface area contributed by atoms with Crippen molar-refractivity contribution in [3.05, 3.63) is 105 Å². The summed E-state index contributed by atoms with van der Waals surface area (Å²) in [6, 6.07) is 21.3. The number of hydrogen-bond donors (Lipinski definition) is 1. The number of carbonyl (C=O) groups excluding carboxylic acids is 1. The predicted molar refractivity (Wildman–Crippen MR) is 132 cm³/mol. The summed E-state index contributed by atoms with van der Waals surface area (Å²) < 4.78 is 13.9. The monoisotopic (exact) mass is 464 g/mol. The van der Waals surface area contributed by atoms with E-state index in [1.165, 1.54) is 11.6 Å². The van der Waals surface area contributed by atoms with Crippen LogP contribution in [0.3, 0.4) is 0 Å². The van der Waals surface area contributed by atoms with E-state index in [4.69, 9.17) is 11.6 Å². The van der Waals surface area contributed by atoms with Crippen LogP contribution < -0.4 is 5.32 Å². The summed E-state index contributed by atoms with van der Waals surface area (Å²) in [4.78, 5) is 15.5. The zero-order valence-corrected chi connectivity index (χ0v) is 19.9. The lowest BCUT2D eigenvalue weighted by Crippen LogP contribution is -2.45. The maximum Gasteiger partial charge on any atom is 0.224 e. The maximum atomic E-state index is 13.9. The molecule has 1 amide bonds. The Kier molecular flexibility index (Phi) is 7.46. The molecule has 0 spiro atoms. The third-order valence-corrected chi connectivity index (χ3v) is 6.82. The number of amides is 1. The molecule has 3 nitrogen and oxygen atoms in total. The minimum atomic E-state index is -0.199. The Hall–Kier alpha value is -2.69. The third kappa shape index (κ3) is 6.01. The van der Waals surface area contributed by atoms with Crippen LogP contribution >= 0.6 is 11.6 Å². The highest BCUT2D eigenvalue weighted by Gasteiger charge is 2.32. The van der Waals surface area contributed by atoms with E-state index in [1.807, 2.05) is 61.5 Å². The van der Waals surface area contributed by atoms with Crippen LogP contribution in [-0.2, 0) is 17.9 Å². The summed E-state index contributed by atoms with van der Waals surface area (Å²) >= 11 is 6.42. The number of carbonyl (C=O) groups is 1. The second-order valence-corrected chi connectivity index (χ2v) is 9.54. The van der Waals surface area contributed by atoms with Gasteiger partial charge in [0.2, 0.25) is 5.91 Å². The van der Waals surface area contributed by atoms with Gasteiger partial charge in [0.25, 0.3) is 0 Å². The largest absolute Gasteiger partial charge is 0.352 e. The van der Waals surface area contributed by atoms with Crippen molar-refractivity contribution in [2.75, 3.05) is 13.1 Å². The average Bonchev–Trinajstić information content (AvgIpc) is 2.80. The fourth-order valence-corrected chi connectivity index (χ4v) is 4.89. The number of aryl methyl sites for hydroxylation is 2. The fourth-order valence-electron chi connectivity index (χ4n) is 4.70. The van der Waals surface area contributed by atoms with Crippen LogP contribution in [0.2, 0.25) is 5.02 Å². The molecule has 2 atom stereocenters.